The summed E-state index contributed by atoms with van der Waals surface area (Å²) in [4.78, 5) is 0. The molecule has 1 unspecified atom stereocenters. The van der Waals surface area contributed by atoms with Crippen LogP contribution in [0.5, 0.6) is 0 Å². The predicted octanol–water partition coefficient (Wildman–Crippen LogP) is 4.60. The molecule has 0 aliphatic heterocycles. The number of benzene rings is 1. The van der Waals surface area contributed by atoms with Crippen molar-refractivity contribution in [2.45, 2.75) is 39.5 Å². The van der Waals surface area contributed by atoms with Crippen LogP contribution in [-0.2, 0) is 4.74 Å². The topological polar surface area (TPSA) is 21.3 Å². The highest BCUT2D eigenvalue weighted by Crippen LogP contribution is 2.32. The highest BCUT2D eigenvalue weighted by molar-refractivity contribution is 9.10. The lowest BCUT2D eigenvalue weighted by Crippen LogP contribution is -2.26. The van der Waals surface area contributed by atoms with Crippen molar-refractivity contribution in [1.29, 1.82) is 0 Å². The first kappa shape index (κ1) is 17.7. The van der Waals surface area contributed by atoms with Crippen molar-refractivity contribution in [3.63, 3.8) is 0 Å². The second-order valence-electron chi connectivity index (χ2n) is 6.51. The van der Waals surface area contributed by atoms with Crippen LogP contribution in [0.3, 0.4) is 0 Å². The molecule has 0 aliphatic rings. The summed E-state index contributed by atoms with van der Waals surface area (Å²) in [5.41, 5.74) is 1.79. The fourth-order valence-electron chi connectivity index (χ4n) is 2.23. The first-order chi connectivity index (χ1) is 9.44. The van der Waals surface area contributed by atoms with Gasteiger partial charge in [-0.3, -0.25) is 0 Å². The highest BCUT2D eigenvalue weighted by atomic mass is 79.9. The Morgan fingerprint density at radius 3 is 2.55 bits per heavy atom. The summed E-state index contributed by atoms with van der Waals surface area (Å²) in [6.07, 6.45) is 2.43. The van der Waals surface area contributed by atoms with E-state index in [9.17, 15) is 0 Å². The number of halogens is 1. The van der Waals surface area contributed by atoms with Gasteiger partial charge in [-0.2, -0.15) is 0 Å². The zero-order valence-corrected chi connectivity index (χ0v) is 14.8. The Bertz CT molecular complexity index is 387. The average molecular weight is 342 g/mol. The summed E-state index contributed by atoms with van der Waals surface area (Å²) >= 11 is 3.69. The van der Waals surface area contributed by atoms with Crippen LogP contribution in [0.15, 0.2) is 28.7 Å². The largest absolute Gasteiger partial charge is 0.383 e. The fraction of sp³-hybridized carbons (Fsp3) is 0.647. The van der Waals surface area contributed by atoms with Gasteiger partial charge in [-0.05, 0) is 35.8 Å². The standard InChI is InChI=1S/C17H28BrNO/c1-17(2,3)10-9-14(13-19-11-12-20-4)15-7-5-6-8-16(15)18/h5-8,14,19H,9-13H2,1-4H3. The summed E-state index contributed by atoms with van der Waals surface area (Å²) in [5.74, 6) is 0.543. The minimum Gasteiger partial charge on any atom is -0.383 e. The summed E-state index contributed by atoms with van der Waals surface area (Å²) in [7, 11) is 1.74. The van der Waals surface area contributed by atoms with Gasteiger partial charge in [-0.1, -0.05) is 54.9 Å². The van der Waals surface area contributed by atoms with Crippen LogP contribution in [0.25, 0.3) is 0 Å². The summed E-state index contributed by atoms with van der Waals surface area (Å²) in [6.45, 7) is 9.60. The van der Waals surface area contributed by atoms with Crippen LogP contribution in [-0.4, -0.2) is 26.8 Å². The molecule has 0 radical (unpaired) electrons. The SMILES string of the molecule is COCCNCC(CCC(C)(C)C)c1ccccc1Br. The van der Waals surface area contributed by atoms with Crippen molar-refractivity contribution < 1.29 is 4.74 Å². The average Bonchev–Trinajstić information content (AvgIpc) is 2.38. The molecule has 0 aromatic heterocycles. The monoisotopic (exact) mass is 341 g/mol. The first-order valence-corrected chi connectivity index (χ1v) is 8.17. The molecule has 2 nitrogen and oxygen atoms in total. The Hall–Kier alpha value is -0.380. The Balaban J connectivity index is 2.66. The molecule has 1 rings (SSSR count). The Kier molecular flexibility index (Phi) is 7.78. The van der Waals surface area contributed by atoms with Crippen LogP contribution < -0.4 is 5.32 Å². The third-order valence-electron chi connectivity index (χ3n) is 3.46. The maximum atomic E-state index is 5.10. The third kappa shape index (κ3) is 6.87. The fourth-order valence-corrected chi connectivity index (χ4v) is 2.84. The number of hydrogen-bond donors (Lipinski definition) is 1. The molecule has 1 aromatic carbocycles. The van der Waals surface area contributed by atoms with Crippen LogP contribution >= 0.6 is 15.9 Å². The molecule has 0 saturated heterocycles. The predicted molar refractivity (Wildman–Crippen MR) is 90.3 cm³/mol. The molecule has 0 heterocycles. The number of hydrogen-bond acceptors (Lipinski definition) is 2. The van der Waals surface area contributed by atoms with Gasteiger partial charge < -0.3 is 10.1 Å². The van der Waals surface area contributed by atoms with E-state index in [0.717, 1.165) is 19.7 Å². The molecule has 3 heteroatoms. The molecule has 0 aliphatic carbocycles. The van der Waals surface area contributed by atoms with Crippen molar-refractivity contribution in [2.75, 3.05) is 26.8 Å². The van der Waals surface area contributed by atoms with E-state index in [1.807, 2.05) is 0 Å². The normalized spacial score (nSPS) is 13.4. The van der Waals surface area contributed by atoms with E-state index in [0.29, 0.717) is 11.3 Å². The molecule has 1 N–H and O–H groups in total. The number of nitrogens with one attached hydrogen (secondary N) is 1. The molecule has 1 atom stereocenters. The molecule has 1 aromatic rings. The molecule has 0 bridgehead atoms. The van der Waals surface area contributed by atoms with E-state index in [4.69, 9.17) is 4.74 Å². The third-order valence-corrected chi connectivity index (χ3v) is 4.18. The molecular weight excluding hydrogens is 314 g/mol. The second-order valence-corrected chi connectivity index (χ2v) is 7.37. The minimum absolute atomic E-state index is 0.381. The molecule has 114 valence electrons. The maximum Gasteiger partial charge on any atom is 0.0587 e. The van der Waals surface area contributed by atoms with Gasteiger partial charge in [0.15, 0.2) is 0 Å². The summed E-state index contributed by atoms with van der Waals surface area (Å²) in [6, 6.07) is 8.57. The van der Waals surface area contributed by atoms with Gasteiger partial charge in [0.1, 0.15) is 0 Å². The van der Waals surface area contributed by atoms with Crippen molar-refractivity contribution in [3.05, 3.63) is 34.3 Å². The quantitative estimate of drug-likeness (QED) is 0.698. The van der Waals surface area contributed by atoms with Crippen molar-refractivity contribution in [1.82, 2.24) is 5.32 Å². The number of rotatable bonds is 8. The molecular formula is C17H28BrNO. The maximum absolute atomic E-state index is 5.10. The van der Waals surface area contributed by atoms with Gasteiger partial charge in [0.05, 0.1) is 6.61 Å². The molecule has 0 spiro atoms. The molecule has 0 amide bonds. The van der Waals surface area contributed by atoms with Gasteiger partial charge in [-0.25, -0.2) is 0 Å². The van der Waals surface area contributed by atoms with Gasteiger partial charge in [0.2, 0.25) is 0 Å². The van der Waals surface area contributed by atoms with E-state index in [1.54, 1.807) is 7.11 Å². The van der Waals surface area contributed by atoms with E-state index in [-0.39, 0.29) is 0 Å². The van der Waals surface area contributed by atoms with Gasteiger partial charge in [-0.15, -0.1) is 0 Å². The van der Waals surface area contributed by atoms with Crippen LogP contribution in [0.4, 0.5) is 0 Å². The van der Waals surface area contributed by atoms with E-state index < -0.39 is 0 Å². The van der Waals surface area contributed by atoms with E-state index >= 15 is 0 Å². The number of ether oxygens (including phenoxy) is 1. The molecule has 0 fully saturated rings. The second kappa shape index (κ2) is 8.81. The van der Waals surface area contributed by atoms with Crippen molar-refractivity contribution in [2.24, 2.45) is 5.41 Å². The summed E-state index contributed by atoms with van der Waals surface area (Å²) in [5, 5.41) is 3.50. The lowest BCUT2D eigenvalue weighted by molar-refractivity contribution is 0.198. The lowest BCUT2D eigenvalue weighted by atomic mass is 9.84. The lowest BCUT2D eigenvalue weighted by Gasteiger charge is -2.24. The minimum atomic E-state index is 0.381. The molecule has 20 heavy (non-hydrogen) atoms. The van der Waals surface area contributed by atoms with E-state index in [2.05, 4.69) is 66.3 Å². The van der Waals surface area contributed by atoms with E-state index in [1.165, 1.54) is 22.9 Å². The molecule has 0 saturated carbocycles. The van der Waals surface area contributed by atoms with Crippen LogP contribution in [0, 0.1) is 5.41 Å². The smallest absolute Gasteiger partial charge is 0.0587 e. The highest BCUT2D eigenvalue weighted by Gasteiger charge is 2.18. The van der Waals surface area contributed by atoms with Gasteiger partial charge in [0.25, 0.3) is 0 Å². The zero-order valence-electron chi connectivity index (χ0n) is 13.2. The van der Waals surface area contributed by atoms with Gasteiger partial charge >= 0.3 is 0 Å². The van der Waals surface area contributed by atoms with Crippen molar-refractivity contribution >= 4 is 15.9 Å². The Morgan fingerprint density at radius 2 is 1.95 bits per heavy atom. The van der Waals surface area contributed by atoms with Crippen LogP contribution in [0.2, 0.25) is 0 Å². The van der Waals surface area contributed by atoms with Crippen LogP contribution in [0.1, 0.15) is 45.1 Å². The Morgan fingerprint density at radius 1 is 1.25 bits per heavy atom. The number of methoxy groups -OCH3 is 1. The zero-order chi connectivity index (χ0) is 15.0. The Labute approximate surface area is 132 Å². The van der Waals surface area contributed by atoms with Crippen molar-refractivity contribution in [3.8, 4) is 0 Å². The summed E-state index contributed by atoms with van der Waals surface area (Å²) < 4.78 is 6.31. The van der Waals surface area contributed by atoms with Gasteiger partial charge in [0, 0.05) is 24.7 Å². The first-order valence-electron chi connectivity index (χ1n) is 7.38.